The Hall–Kier alpha value is -0.0900. The molecule has 1 N–H and O–H groups in total. The Bertz CT molecular complexity index is 358. The first kappa shape index (κ1) is 14.3. The van der Waals surface area contributed by atoms with Crippen molar-refractivity contribution in [2.24, 2.45) is 5.92 Å². The fourth-order valence-corrected chi connectivity index (χ4v) is 4.62. The molecule has 0 radical (unpaired) electrons. The van der Waals surface area contributed by atoms with Crippen LogP contribution < -0.4 is 5.32 Å². The van der Waals surface area contributed by atoms with Gasteiger partial charge in [-0.05, 0) is 50.9 Å². The van der Waals surface area contributed by atoms with Crippen LogP contribution in [0.5, 0.6) is 0 Å². The Balaban J connectivity index is 1.83. The highest BCUT2D eigenvalue weighted by atomic mass is 32.2. The molecule has 2 atom stereocenters. The maximum Gasteiger partial charge on any atom is 0.150 e. The lowest BCUT2D eigenvalue weighted by Crippen LogP contribution is -2.44. The third-order valence-electron chi connectivity index (χ3n) is 4.72. The average Bonchev–Trinajstić information content (AvgIpc) is 2.31. The van der Waals surface area contributed by atoms with Crippen molar-refractivity contribution in [2.75, 3.05) is 6.26 Å². The summed E-state index contributed by atoms with van der Waals surface area (Å²) in [5.41, 5.74) is 0. The van der Waals surface area contributed by atoms with E-state index < -0.39 is 9.84 Å². The van der Waals surface area contributed by atoms with Gasteiger partial charge in [-0.3, -0.25) is 0 Å². The van der Waals surface area contributed by atoms with Crippen LogP contribution in [0, 0.1) is 5.92 Å². The molecule has 0 aromatic rings. The molecule has 106 valence electrons. The molecule has 0 spiro atoms. The van der Waals surface area contributed by atoms with Crippen LogP contribution in [0.15, 0.2) is 0 Å². The quantitative estimate of drug-likeness (QED) is 0.859. The zero-order valence-electron chi connectivity index (χ0n) is 11.7. The Morgan fingerprint density at radius 2 is 1.61 bits per heavy atom. The van der Waals surface area contributed by atoms with Crippen LogP contribution in [0.25, 0.3) is 0 Å². The van der Waals surface area contributed by atoms with Crippen molar-refractivity contribution < 1.29 is 8.42 Å². The summed E-state index contributed by atoms with van der Waals surface area (Å²) in [6.45, 7) is 2.33. The first-order valence-corrected chi connectivity index (χ1v) is 9.35. The molecule has 2 fully saturated rings. The summed E-state index contributed by atoms with van der Waals surface area (Å²) >= 11 is 0. The monoisotopic (exact) mass is 273 g/mol. The molecule has 0 aliphatic heterocycles. The Morgan fingerprint density at radius 3 is 2.22 bits per heavy atom. The molecule has 3 nitrogen and oxygen atoms in total. The molecule has 2 aliphatic rings. The van der Waals surface area contributed by atoms with Crippen LogP contribution in [0.1, 0.15) is 58.3 Å². The van der Waals surface area contributed by atoms with E-state index in [4.69, 9.17) is 0 Å². The summed E-state index contributed by atoms with van der Waals surface area (Å²) in [7, 11) is -2.85. The molecule has 0 bridgehead atoms. The van der Waals surface area contributed by atoms with Crippen LogP contribution in [0.2, 0.25) is 0 Å². The van der Waals surface area contributed by atoms with Gasteiger partial charge in [-0.2, -0.15) is 0 Å². The third-order valence-corrected chi connectivity index (χ3v) is 6.36. The van der Waals surface area contributed by atoms with Gasteiger partial charge < -0.3 is 5.32 Å². The van der Waals surface area contributed by atoms with E-state index in [1.165, 1.54) is 31.9 Å². The number of nitrogens with one attached hydrogen (secondary N) is 1. The van der Waals surface area contributed by atoms with E-state index in [1.54, 1.807) is 0 Å². The number of hydrogen-bond acceptors (Lipinski definition) is 3. The minimum atomic E-state index is -2.85. The van der Waals surface area contributed by atoms with Gasteiger partial charge >= 0.3 is 0 Å². The largest absolute Gasteiger partial charge is 0.311 e. The van der Waals surface area contributed by atoms with Gasteiger partial charge in [0.15, 0.2) is 0 Å². The lowest BCUT2D eigenvalue weighted by atomic mass is 9.86. The van der Waals surface area contributed by atoms with Gasteiger partial charge in [-0.15, -0.1) is 0 Å². The van der Waals surface area contributed by atoms with Gasteiger partial charge in [0.25, 0.3) is 0 Å². The highest BCUT2D eigenvalue weighted by Crippen LogP contribution is 2.28. The number of sulfone groups is 1. The van der Waals surface area contributed by atoms with Crippen LogP contribution in [0.4, 0.5) is 0 Å². The maximum absolute atomic E-state index is 11.6. The first-order chi connectivity index (χ1) is 8.45. The smallest absolute Gasteiger partial charge is 0.150 e. The molecule has 0 amide bonds. The fourth-order valence-electron chi connectivity index (χ4n) is 3.45. The molecule has 2 aliphatic carbocycles. The van der Waals surface area contributed by atoms with Crippen LogP contribution >= 0.6 is 0 Å². The zero-order valence-corrected chi connectivity index (χ0v) is 12.5. The van der Waals surface area contributed by atoms with E-state index in [-0.39, 0.29) is 5.25 Å². The lowest BCUT2D eigenvalue weighted by Gasteiger charge is -2.34. The maximum atomic E-state index is 11.6. The van der Waals surface area contributed by atoms with Crippen LogP contribution in [-0.2, 0) is 9.84 Å². The Kier molecular flexibility index (Phi) is 4.70. The zero-order chi connectivity index (χ0) is 13.2. The summed E-state index contributed by atoms with van der Waals surface area (Å²) in [6.07, 6.45) is 10.4. The topological polar surface area (TPSA) is 46.2 Å². The summed E-state index contributed by atoms with van der Waals surface area (Å²) < 4.78 is 23.3. The van der Waals surface area contributed by atoms with E-state index in [1.807, 2.05) is 0 Å². The normalized spacial score (nSPS) is 38.6. The van der Waals surface area contributed by atoms with Crippen LogP contribution in [0.3, 0.4) is 0 Å². The van der Waals surface area contributed by atoms with E-state index in [0.717, 1.165) is 31.6 Å². The molecule has 18 heavy (non-hydrogen) atoms. The van der Waals surface area contributed by atoms with Crippen molar-refractivity contribution in [3.63, 3.8) is 0 Å². The predicted molar refractivity (Wildman–Crippen MR) is 75.4 cm³/mol. The highest BCUT2D eigenvalue weighted by Gasteiger charge is 2.30. The molecule has 2 saturated carbocycles. The fraction of sp³-hybridized carbons (Fsp3) is 1.00. The van der Waals surface area contributed by atoms with Gasteiger partial charge in [0.05, 0.1) is 5.25 Å². The molecule has 4 heteroatoms. The van der Waals surface area contributed by atoms with Crippen molar-refractivity contribution in [1.29, 1.82) is 0 Å². The minimum Gasteiger partial charge on any atom is -0.311 e. The van der Waals surface area contributed by atoms with Gasteiger partial charge in [0, 0.05) is 18.3 Å². The number of hydrogen-bond donors (Lipinski definition) is 1. The SMILES string of the molecule is CC1CCC(NC2CCCC(S(C)(=O)=O)C2)CC1. The van der Waals surface area contributed by atoms with Crippen molar-refractivity contribution in [2.45, 2.75) is 75.6 Å². The van der Waals surface area contributed by atoms with Crippen molar-refractivity contribution in [1.82, 2.24) is 5.32 Å². The second-order valence-electron chi connectivity index (χ2n) is 6.44. The van der Waals surface area contributed by atoms with Gasteiger partial charge in [-0.25, -0.2) is 8.42 Å². The van der Waals surface area contributed by atoms with Gasteiger partial charge in [0.1, 0.15) is 9.84 Å². The molecule has 0 aromatic carbocycles. The van der Waals surface area contributed by atoms with Crippen LogP contribution in [-0.4, -0.2) is 32.0 Å². The average molecular weight is 273 g/mol. The Morgan fingerprint density at radius 1 is 0.944 bits per heavy atom. The van der Waals surface area contributed by atoms with E-state index >= 15 is 0 Å². The van der Waals surface area contributed by atoms with Crippen molar-refractivity contribution >= 4 is 9.84 Å². The lowest BCUT2D eigenvalue weighted by molar-refractivity contribution is 0.261. The predicted octanol–water partition coefficient (Wildman–Crippen LogP) is 2.51. The number of rotatable bonds is 3. The summed E-state index contributed by atoms with van der Waals surface area (Å²) in [4.78, 5) is 0. The van der Waals surface area contributed by atoms with E-state index in [0.29, 0.717) is 12.1 Å². The minimum absolute atomic E-state index is 0.105. The standard InChI is InChI=1S/C14H27NO2S/c1-11-6-8-12(9-7-11)15-13-4-3-5-14(10-13)18(2,16)17/h11-15H,3-10H2,1-2H3. The van der Waals surface area contributed by atoms with Gasteiger partial charge in [0.2, 0.25) is 0 Å². The molecular weight excluding hydrogens is 246 g/mol. The molecule has 0 saturated heterocycles. The molecular formula is C14H27NO2S. The first-order valence-electron chi connectivity index (χ1n) is 7.40. The Labute approximate surface area is 112 Å². The third kappa shape index (κ3) is 3.95. The molecule has 2 unspecified atom stereocenters. The highest BCUT2D eigenvalue weighted by molar-refractivity contribution is 7.91. The second kappa shape index (κ2) is 5.91. The molecule has 0 aromatic heterocycles. The summed E-state index contributed by atoms with van der Waals surface area (Å²) in [5.74, 6) is 0.873. The molecule has 0 heterocycles. The van der Waals surface area contributed by atoms with Gasteiger partial charge in [-0.1, -0.05) is 13.3 Å². The summed E-state index contributed by atoms with van der Waals surface area (Å²) in [5, 5.41) is 3.61. The molecule has 2 rings (SSSR count). The van der Waals surface area contributed by atoms with Crippen molar-refractivity contribution in [3.05, 3.63) is 0 Å². The second-order valence-corrected chi connectivity index (χ2v) is 8.76. The van der Waals surface area contributed by atoms with Crippen molar-refractivity contribution in [3.8, 4) is 0 Å². The summed E-state index contributed by atoms with van der Waals surface area (Å²) in [6, 6.07) is 1.06. The van der Waals surface area contributed by atoms with E-state index in [2.05, 4.69) is 12.2 Å². The van der Waals surface area contributed by atoms with E-state index in [9.17, 15) is 8.42 Å².